The third-order valence-corrected chi connectivity index (χ3v) is 4.78. The van der Waals surface area contributed by atoms with Crippen LogP contribution >= 0.6 is 11.6 Å². The van der Waals surface area contributed by atoms with Crippen molar-refractivity contribution < 1.29 is 4.79 Å². The van der Waals surface area contributed by atoms with Gasteiger partial charge in [-0.05, 0) is 56.6 Å². The lowest BCUT2D eigenvalue weighted by Gasteiger charge is -2.23. The maximum Gasteiger partial charge on any atom is 0.233 e. The number of nitrogens with one attached hydrogen (secondary N) is 3. The summed E-state index contributed by atoms with van der Waals surface area (Å²) in [6.45, 7) is 0. The second-order valence-electron chi connectivity index (χ2n) is 6.07. The molecule has 1 aromatic heterocycles. The number of amides is 1. The molecule has 22 heavy (non-hydrogen) atoms. The molecule has 2 aliphatic carbocycles. The smallest absolute Gasteiger partial charge is 0.233 e. The number of amidine groups is 1. The summed E-state index contributed by atoms with van der Waals surface area (Å²) in [6.07, 6.45) is 6.32. The minimum atomic E-state index is -0.238. The lowest BCUT2D eigenvalue weighted by atomic mass is 9.86. The van der Waals surface area contributed by atoms with Crippen LogP contribution in [-0.2, 0) is 11.2 Å². The van der Waals surface area contributed by atoms with Gasteiger partial charge in [0.25, 0.3) is 0 Å². The number of aromatic amines is 1. The van der Waals surface area contributed by atoms with Gasteiger partial charge in [0.2, 0.25) is 5.91 Å². The van der Waals surface area contributed by atoms with Gasteiger partial charge in [-0.2, -0.15) is 0 Å². The first-order valence-corrected chi connectivity index (χ1v) is 8.18. The molecule has 0 fully saturated rings. The molecule has 1 amide bonds. The SMILES string of the molecule is N=C(NC(=O)C1CCCc2[nH]c(Cl)cc21)C1=C(N)CCCC1. The van der Waals surface area contributed by atoms with E-state index in [1.165, 1.54) is 0 Å². The summed E-state index contributed by atoms with van der Waals surface area (Å²) >= 11 is 6.01. The number of hydrogen-bond donors (Lipinski definition) is 4. The molecule has 2 aliphatic rings. The highest BCUT2D eigenvalue weighted by atomic mass is 35.5. The molecule has 0 saturated heterocycles. The summed E-state index contributed by atoms with van der Waals surface area (Å²) in [4.78, 5) is 15.7. The van der Waals surface area contributed by atoms with Crippen LogP contribution in [0, 0.1) is 5.41 Å². The highest BCUT2D eigenvalue weighted by Gasteiger charge is 2.29. The van der Waals surface area contributed by atoms with Crippen molar-refractivity contribution in [2.75, 3.05) is 0 Å². The molecule has 1 heterocycles. The van der Waals surface area contributed by atoms with E-state index in [4.69, 9.17) is 22.7 Å². The van der Waals surface area contributed by atoms with Crippen LogP contribution in [0.5, 0.6) is 0 Å². The normalized spacial score (nSPS) is 21.4. The molecular weight excluding hydrogens is 300 g/mol. The van der Waals surface area contributed by atoms with Gasteiger partial charge in [-0.1, -0.05) is 11.6 Å². The Morgan fingerprint density at radius 1 is 1.32 bits per heavy atom. The monoisotopic (exact) mass is 320 g/mol. The first-order chi connectivity index (χ1) is 10.6. The molecule has 5 nitrogen and oxygen atoms in total. The van der Waals surface area contributed by atoms with E-state index in [2.05, 4.69) is 10.3 Å². The number of hydrogen-bond acceptors (Lipinski definition) is 3. The van der Waals surface area contributed by atoms with Crippen molar-refractivity contribution in [2.24, 2.45) is 5.73 Å². The molecule has 5 N–H and O–H groups in total. The summed E-state index contributed by atoms with van der Waals surface area (Å²) in [5.74, 6) is -0.207. The minimum absolute atomic E-state index is 0.132. The van der Waals surface area contributed by atoms with Crippen molar-refractivity contribution in [1.29, 1.82) is 5.41 Å². The largest absolute Gasteiger partial charge is 0.402 e. The fraction of sp³-hybridized carbons (Fsp3) is 0.500. The Morgan fingerprint density at radius 2 is 2.09 bits per heavy atom. The van der Waals surface area contributed by atoms with E-state index in [9.17, 15) is 4.79 Å². The molecule has 6 heteroatoms. The van der Waals surface area contributed by atoms with Crippen molar-refractivity contribution >= 4 is 23.3 Å². The highest BCUT2D eigenvalue weighted by Crippen LogP contribution is 2.33. The van der Waals surface area contributed by atoms with Crippen LogP contribution < -0.4 is 11.1 Å². The fourth-order valence-electron chi connectivity index (χ4n) is 3.40. The van der Waals surface area contributed by atoms with Gasteiger partial charge in [-0.25, -0.2) is 0 Å². The van der Waals surface area contributed by atoms with E-state index in [1.807, 2.05) is 6.07 Å². The minimum Gasteiger partial charge on any atom is -0.402 e. The second kappa shape index (κ2) is 6.16. The van der Waals surface area contributed by atoms with E-state index < -0.39 is 0 Å². The predicted octanol–water partition coefficient (Wildman–Crippen LogP) is 2.97. The van der Waals surface area contributed by atoms with E-state index in [0.29, 0.717) is 5.15 Å². The molecule has 3 rings (SSSR count). The van der Waals surface area contributed by atoms with Gasteiger partial charge in [-0.3, -0.25) is 10.2 Å². The van der Waals surface area contributed by atoms with E-state index >= 15 is 0 Å². The van der Waals surface area contributed by atoms with Crippen LogP contribution in [-0.4, -0.2) is 16.7 Å². The lowest BCUT2D eigenvalue weighted by Crippen LogP contribution is -2.37. The summed E-state index contributed by atoms with van der Waals surface area (Å²) in [6, 6.07) is 1.83. The number of halogens is 1. The number of aryl methyl sites for hydroxylation is 1. The Kier molecular flexibility index (Phi) is 4.25. The second-order valence-corrected chi connectivity index (χ2v) is 6.48. The highest BCUT2D eigenvalue weighted by molar-refractivity contribution is 6.29. The third kappa shape index (κ3) is 2.90. The first kappa shape index (κ1) is 15.2. The molecule has 1 aromatic rings. The van der Waals surface area contributed by atoms with Gasteiger partial charge in [0.05, 0.1) is 5.92 Å². The van der Waals surface area contributed by atoms with Gasteiger partial charge < -0.3 is 16.0 Å². The van der Waals surface area contributed by atoms with E-state index in [-0.39, 0.29) is 17.7 Å². The molecule has 1 atom stereocenters. The maximum atomic E-state index is 12.6. The third-order valence-electron chi connectivity index (χ3n) is 4.57. The first-order valence-electron chi connectivity index (χ1n) is 7.81. The zero-order valence-corrected chi connectivity index (χ0v) is 13.2. The summed E-state index contributed by atoms with van der Waals surface area (Å²) in [5.41, 5.74) is 9.52. The quantitative estimate of drug-likeness (QED) is 0.498. The van der Waals surface area contributed by atoms with Crippen molar-refractivity contribution in [3.8, 4) is 0 Å². The molecule has 0 saturated carbocycles. The maximum absolute atomic E-state index is 12.6. The Labute approximate surface area is 134 Å². The molecule has 0 aromatic carbocycles. The Bertz CT molecular complexity index is 647. The number of rotatable bonds is 2. The topological polar surface area (TPSA) is 94.8 Å². The summed E-state index contributed by atoms with van der Waals surface area (Å²) in [5, 5.41) is 11.5. The van der Waals surface area contributed by atoms with Crippen LogP contribution in [0.3, 0.4) is 0 Å². The molecule has 0 spiro atoms. The molecule has 0 aliphatic heterocycles. The molecular formula is C16H21ClN4O. The van der Waals surface area contributed by atoms with Crippen LogP contribution in [0.2, 0.25) is 5.15 Å². The van der Waals surface area contributed by atoms with Gasteiger partial charge >= 0.3 is 0 Å². The van der Waals surface area contributed by atoms with Crippen LogP contribution in [0.1, 0.15) is 55.7 Å². The van der Waals surface area contributed by atoms with Gasteiger partial charge in [0.15, 0.2) is 0 Å². The van der Waals surface area contributed by atoms with Crippen LogP contribution in [0.4, 0.5) is 0 Å². The number of fused-ring (bicyclic) bond motifs is 1. The average molecular weight is 321 g/mol. The predicted molar refractivity (Wildman–Crippen MR) is 87.0 cm³/mol. The number of allylic oxidation sites excluding steroid dienone is 1. The van der Waals surface area contributed by atoms with E-state index in [1.54, 1.807) is 0 Å². The fourth-order valence-corrected chi connectivity index (χ4v) is 3.64. The number of H-pyrrole nitrogens is 1. The van der Waals surface area contributed by atoms with Crippen molar-refractivity contribution in [3.63, 3.8) is 0 Å². The van der Waals surface area contributed by atoms with Crippen molar-refractivity contribution in [2.45, 2.75) is 50.9 Å². The average Bonchev–Trinajstić information content (AvgIpc) is 2.87. The Morgan fingerprint density at radius 3 is 2.86 bits per heavy atom. The van der Waals surface area contributed by atoms with Crippen LogP contribution in [0.25, 0.3) is 0 Å². The van der Waals surface area contributed by atoms with Gasteiger partial charge in [0, 0.05) is 17.0 Å². The van der Waals surface area contributed by atoms with E-state index in [0.717, 1.165) is 67.5 Å². The van der Waals surface area contributed by atoms with Gasteiger partial charge in [0.1, 0.15) is 11.0 Å². The van der Waals surface area contributed by atoms with Gasteiger partial charge in [-0.15, -0.1) is 0 Å². The molecule has 1 unspecified atom stereocenters. The molecule has 0 radical (unpaired) electrons. The number of carbonyl (C=O) groups is 1. The zero-order valence-electron chi connectivity index (χ0n) is 12.5. The Hall–Kier alpha value is -1.75. The lowest BCUT2D eigenvalue weighted by molar-refractivity contribution is -0.121. The van der Waals surface area contributed by atoms with Crippen LogP contribution in [0.15, 0.2) is 17.3 Å². The van der Waals surface area contributed by atoms with Crippen molar-refractivity contribution in [3.05, 3.63) is 33.7 Å². The molecule has 0 bridgehead atoms. The standard InChI is InChI=1S/C16H21ClN4O/c17-14-8-11-9(5-3-7-13(11)20-14)16(22)21-15(19)10-4-1-2-6-12(10)18/h8-9,20H,1-7,18H2,(H2,19,21,22). The number of carbonyl (C=O) groups excluding carboxylic acids is 1. The molecule has 118 valence electrons. The summed E-state index contributed by atoms with van der Waals surface area (Å²) in [7, 11) is 0. The summed E-state index contributed by atoms with van der Waals surface area (Å²) < 4.78 is 0. The Balaban J connectivity index is 1.74. The number of nitrogens with two attached hydrogens (primary N) is 1. The zero-order chi connectivity index (χ0) is 15.7. The number of aromatic nitrogens is 1. The van der Waals surface area contributed by atoms with Crippen molar-refractivity contribution in [1.82, 2.24) is 10.3 Å².